The smallest absolute Gasteiger partial charge is 0.251 e. The van der Waals surface area contributed by atoms with Gasteiger partial charge in [-0.15, -0.1) is 0 Å². The van der Waals surface area contributed by atoms with Crippen molar-refractivity contribution in [2.75, 3.05) is 13.1 Å². The molecule has 0 saturated carbocycles. The summed E-state index contributed by atoms with van der Waals surface area (Å²) in [6.45, 7) is 5.89. The van der Waals surface area contributed by atoms with Gasteiger partial charge in [-0.1, -0.05) is 6.92 Å². The lowest BCUT2D eigenvalue weighted by molar-refractivity contribution is -0.133. The molecule has 1 aliphatic rings. The van der Waals surface area contributed by atoms with Crippen molar-refractivity contribution in [2.45, 2.75) is 33.2 Å². The van der Waals surface area contributed by atoms with Crippen molar-refractivity contribution in [3.05, 3.63) is 34.2 Å². The third kappa shape index (κ3) is 3.00. The highest BCUT2D eigenvalue weighted by Crippen LogP contribution is 2.16. The molecule has 1 aliphatic heterocycles. The topological polar surface area (TPSA) is 42.3 Å². The predicted octanol–water partition coefficient (Wildman–Crippen LogP) is 1.42. The molecule has 0 bridgehead atoms. The second kappa shape index (κ2) is 5.38. The van der Waals surface area contributed by atoms with Crippen LogP contribution in [0.1, 0.15) is 25.3 Å². The Morgan fingerprint density at radius 2 is 2.06 bits per heavy atom. The summed E-state index contributed by atoms with van der Waals surface area (Å²) < 4.78 is 1.48. The van der Waals surface area contributed by atoms with Gasteiger partial charge in [0, 0.05) is 25.4 Å². The summed E-state index contributed by atoms with van der Waals surface area (Å²) in [5.41, 5.74) is 0.823. The van der Waals surface area contributed by atoms with Crippen molar-refractivity contribution in [1.29, 1.82) is 0 Å². The van der Waals surface area contributed by atoms with E-state index in [9.17, 15) is 9.59 Å². The molecule has 4 nitrogen and oxygen atoms in total. The molecule has 1 aromatic rings. The highest BCUT2D eigenvalue weighted by molar-refractivity contribution is 5.76. The van der Waals surface area contributed by atoms with E-state index in [-0.39, 0.29) is 18.0 Å². The lowest BCUT2D eigenvalue weighted by Gasteiger charge is -2.30. The van der Waals surface area contributed by atoms with Gasteiger partial charge in [-0.05, 0) is 37.3 Å². The standard InChI is InChI=1S/C14H20N2O2/c1-11-3-6-15(7-4-11)14(18)10-16-8-5-12(2)9-13(16)17/h5,8-9,11H,3-4,6-7,10H2,1-2H3. The van der Waals surface area contributed by atoms with E-state index in [0.717, 1.165) is 31.5 Å². The Labute approximate surface area is 107 Å². The minimum atomic E-state index is -0.103. The number of aromatic nitrogens is 1. The molecule has 2 heterocycles. The highest BCUT2D eigenvalue weighted by Gasteiger charge is 2.20. The highest BCUT2D eigenvalue weighted by atomic mass is 16.2. The maximum absolute atomic E-state index is 12.1. The Balaban J connectivity index is 2.01. The average molecular weight is 248 g/mol. The molecular formula is C14H20N2O2. The molecule has 0 aliphatic carbocycles. The lowest BCUT2D eigenvalue weighted by atomic mass is 9.99. The fraction of sp³-hybridized carbons (Fsp3) is 0.571. The molecule has 0 N–H and O–H groups in total. The minimum Gasteiger partial charge on any atom is -0.341 e. The summed E-state index contributed by atoms with van der Waals surface area (Å²) in [6.07, 6.45) is 3.82. The summed E-state index contributed by atoms with van der Waals surface area (Å²) in [5, 5.41) is 0. The maximum atomic E-state index is 12.1. The first-order valence-electron chi connectivity index (χ1n) is 6.51. The van der Waals surface area contributed by atoms with Crippen LogP contribution < -0.4 is 5.56 Å². The first kappa shape index (κ1) is 12.9. The molecule has 18 heavy (non-hydrogen) atoms. The molecule has 0 aromatic carbocycles. The Hall–Kier alpha value is -1.58. The number of hydrogen-bond donors (Lipinski definition) is 0. The number of likely N-dealkylation sites (tertiary alicyclic amines) is 1. The van der Waals surface area contributed by atoms with Gasteiger partial charge in [0.05, 0.1) is 0 Å². The van der Waals surface area contributed by atoms with E-state index < -0.39 is 0 Å². The van der Waals surface area contributed by atoms with Crippen molar-refractivity contribution >= 4 is 5.91 Å². The number of rotatable bonds is 2. The molecule has 2 rings (SSSR count). The molecule has 0 atom stereocenters. The van der Waals surface area contributed by atoms with Gasteiger partial charge >= 0.3 is 0 Å². The number of pyridine rings is 1. The second-order valence-corrected chi connectivity index (χ2v) is 5.23. The van der Waals surface area contributed by atoms with Gasteiger partial charge in [-0.3, -0.25) is 9.59 Å². The Morgan fingerprint density at radius 1 is 1.39 bits per heavy atom. The number of carbonyl (C=O) groups excluding carboxylic acids is 1. The Morgan fingerprint density at radius 3 is 2.67 bits per heavy atom. The fourth-order valence-corrected chi connectivity index (χ4v) is 2.24. The van der Waals surface area contributed by atoms with Crippen molar-refractivity contribution in [1.82, 2.24) is 9.47 Å². The van der Waals surface area contributed by atoms with Gasteiger partial charge in [-0.2, -0.15) is 0 Å². The van der Waals surface area contributed by atoms with Gasteiger partial charge in [0.2, 0.25) is 5.91 Å². The van der Waals surface area contributed by atoms with E-state index in [1.54, 1.807) is 12.3 Å². The minimum absolute atomic E-state index is 0.0489. The van der Waals surface area contributed by atoms with Gasteiger partial charge in [0.1, 0.15) is 6.54 Å². The summed E-state index contributed by atoms with van der Waals surface area (Å²) >= 11 is 0. The molecule has 1 fully saturated rings. The number of hydrogen-bond acceptors (Lipinski definition) is 2. The third-order valence-electron chi connectivity index (χ3n) is 3.59. The average Bonchev–Trinajstić information content (AvgIpc) is 2.33. The SMILES string of the molecule is Cc1ccn(CC(=O)N2CCC(C)CC2)c(=O)c1. The zero-order valence-electron chi connectivity index (χ0n) is 11.1. The first-order chi connectivity index (χ1) is 8.56. The van der Waals surface area contributed by atoms with Crippen molar-refractivity contribution in [3.8, 4) is 0 Å². The zero-order chi connectivity index (χ0) is 13.1. The van der Waals surface area contributed by atoms with Crippen LogP contribution in [0.5, 0.6) is 0 Å². The van der Waals surface area contributed by atoms with Crippen molar-refractivity contribution < 1.29 is 4.79 Å². The monoisotopic (exact) mass is 248 g/mol. The van der Waals surface area contributed by atoms with Crippen LogP contribution in [0.25, 0.3) is 0 Å². The van der Waals surface area contributed by atoms with Crippen LogP contribution in [0.3, 0.4) is 0 Å². The third-order valence-corrected chi connectivity index (χ3v) is 3.59. The van der Waals surface area contributed by atoms with Crippen LogP contribution >= 0.6 is 0 Å². The Bertz CT molecular complexity index is 485. The van der Waals surface area contributed by atoms with Crippen molar-refractivity contribution in [3.63, 3.8) is 0 Å². The van der Waals surface area contributed by atoms with E-state index in [2.05, 4.69) is 6.92 Å². The molecule has 0 unspecified atom stereocenters. The van der Waals surface area contributed by atoms with Crippen molar-refractivity contribution in [2.24, 2.45) is 5.92 Å². The van der Waals surface area contributed by atoms with Crippen LogP contribution in [0.4, 0.5) is 0 Å². The van der Waals surface area contributed by atoms with Gasteiger partial charge in [-0.25, -0.2) is 0 Å². The normalized spacial score (nSPS) is 16.9. The lowest BCUT2D eigenvalue weighted by Crippen LogP contribution is -2.41. The number of aryl methyl sites for hydroxylation is 1. The second-order valence-electron chi connectivity index (χ2n) is 5.23. The largest absolute Gasteiger partial charge is 0.341 e. The molecule has 1 saturated heterocycles. The summed E-state index contributed by atoms with van der Waals surface area (Å²) in [6, 6.07) is 3.42. The van der Waals surface area contributed by atoms with Crippen LogP contribution in [0, 0.1) is 12.8 Å². The van der Waals surface area contributed by atoms with Gasteiger partial charge < -0.3 is 9.47 Å². The fourth-order valence-electron chi connectivity index (χ4n) is 2.24. The number of piperidine rings is 1. The zero-order valence-corrected chi connectivity index (χ0v) is 11.1. The molecule has 98 valence electrons. The molecule has 4 heteroatoms. The van der Waals surface area contributed by atoms with E-state index >= 15 is 0 Å². The number of amides is 1. The maximum Gasteiger partial charge on any atom is 0.251 e. The molecular weight excluding hydrogens is 228 g/mol. The van der Waals surface area contributed by atoms with E-state index in [1.165, 1.54) is 4.57 Å². The molecule has 0 radical (unpaired) electrons. The summed E-state index contributed by atoms with van der Waals surface area (Å²) in [7, 11) is 0. The number of nitrogens with zero attached hydrogens (tertiary/aromatic N) is 2. The van der Waals surface area contributed by atoms with E-state index in [1.807, 2.05) is 17.9 Å². The molecule has 1 amide bonds. The molecule has 0 spiro atoms. The van der Waals surface area contributed by atoms with Gasteiger partial charge in [0.25, 0.3) is 5.56 Å². The van der Waals surface area contributed by atoms with Crippen LogP contribution in [0.15, 0.2) is 23.1 Å². The van der Waals surface area contributed by atoms with Gasteiger partial charge in [0.15, 0.2) is 0 Å². The van der Waals surface area contributed by atoms with E-state index in [4.69, 9.17) is 0 Å². The van der Waals surface area contributed by atoms with E-state index in [0.29, 0.717) is 5.92 Å². The van der Waals surface area contributed by atoms with Crippen LogP contribution in [-0.2, 0) is 11.3 Å². The quantitative estimate of drug-likeness (QED) is 0.794. The summed E-state index contributed by atoms with van der Waals surface area (Å²) in [4.78, 5) is 25.6. The molecule has 1 aromatic heterocycles. The number of carbonyl (C=O) groups is 1. The summed E-state index contributed by atoms with van der Waals surface area (Å²) in [5.74, 6) is 0.754. The first-order valence-corrected chi connectivity index (χ1v) is 6.51. The predicted molar refractivity (Wildman–Crippen MR) is 70.4 cm³/mol. The van der Waals surface area contributed by atoms with Crippen LogP contribution in [-0.4, -0.2) is 28.5 Å². The Kier molecular flexibility index (Phi) is 3.84. The van der Waals surface area contributed by atoms with Crippen LogP contribution in [0.2, 0.25) is 0 Å².